The maximum atomic E-state index is 14.2. The summed E-state index contributed by atoms with van der Waals surface area (Å²) in [6.07, 6.45) is 3.16. The van der Waals surface area contributed by atoms with Gasteiger partial charge < -0.3 is 29.7 Å². The van der Waals surface area contributed by atoms with Crippen LogP contribution >= 0.6 is 11.8 Å². The molecule has 1 saturated carbocycles. The van der Waals surface area contributed by atoms with Crippen molar-refractivity contribution in [2.45, 2.75) is 76.5 Å². The number of alkyl halides is 2. The van der Waals surface area contributed by atoms with E-state index in [0.717, 1.165) is 18.6 Å². The lowest BCUT2D eigenvalue weighted by Gasteiger charge is -2.31. The van der Waals surface area contributed by atoms with Crippen molar-refractivity contribution >= 4 is 40.7 Å². The van der Waals surface area contributed by atoms with E-state index in [1.807, 2.05) is 18.1 Å². The van der Waals surface area contributed by atoms with Crippen LogP contribution in [0.1, 0.15) is 64.1 Å². The normalized spacial score (nSPS) is 19.0. The molecule has 2 aromatic heterocycles. The van der Waals surface area contributed by atoms with Gasteiger partial charge in [0.25, 0.3) is 6.43 Å². The predicted octanol–water partition coefficient (Wildman–Crippen LogP) is 5.04. The Morgan fingerprint density at radius 1 is 1.11 bits per heavy atom. The van der Waals surface area contributed by atoms with Crippen LogP contribution in [0, 0.1) is 0 Å². The first-order chi connectivity index (χ1) is 22.9. The average molecular weight is 676 g/mol. The van der Waals surface area contributed by atoms with Crippen molar-refractivity contribution < 1.29 is 32.6 Å². The van der Waals surface area contributed by atoms with Gasteiger partial charge in [0.2, 0.25) is 17.7 Å². The number of ether oxygens (including phenoxy) is 3. The summed E-state index contributed by atoms with van der Waals surface area (Å²) in [6.45, 7) is 4.45. The second kappa shape index (κ2) is 16.9. The molecule has 0 spiro atoms. The number of thioether (sulfide) groups is 1. The number of alkyl carbamates (subject to hydrolysis) is 1. The third-order valence-corrected chi connectivity index (χ3v) is 8.88. The molecule has 15 heteroatoms. The molecule has 1 atom stereocenters. The smallest absolute Gasteiger partial charge is 0.407 e. The molecule has 1 aliphatic heterocycles. The topological polar surface area (TPSA) is 133 Å². The Hall–Kier alpha value is -3.72. The van der Waals surface area contributed by atoms with Crippen molar-refractivity contribution in [1.82, 2.24) is 30.2 Å². The van der Waals surface area contributed by atoms with Crippen molar-refractivity contribution in [3.8, 4) is 11.7 Å². The number of anilines is 1. The summed E-state index contributed by atoms with van der Waals surface area (Å²) >= 11 is 1.61. The number of morpholine rings is 1. The summed E-state index contributed by atoms with van der Waals surface area (Å²) in [5.74, 6) is 0.989. The van der Waals surface area contributed by atoms with Crippen molar-refractivity contribution in [2.24, 2.45) is 0 Å². The Morgan fingerprint density at radius 3 is 2.60 bits per heavy atom. The van der Waals surface area contributed by atoms with E-state index < -0.39 is 24.4 Å². The predicted molar refractivity (Wildman–Crippen MR) is 176 cm³/mol. The zero-order valence-electron chi connectivity index (χ0n) is 26.8. The molecular weight excluding hydrogens is 632 g/mol. The first kappa shape index (κ1) is 34.6. The minimum Gasteiger partial charge on any atom is -0.474 e. The highest BCUT2D eigenvalue weighted by atomic mass is 32.2. The van der Waals surface area contributed by atoms with Gasteiger partial charge >= 0.3 is 6.09 Å². The van der Waals surface area contributed by atoms with Crippen molar-refractivity contribution in [2.75, 3.05) is 49.8 Å². The van der Waals surface area contributed by atoms with E-state index in [-0.39, 0.29) is 29.8 Å². The average Bonchev–Trinajstić information content (AvgIpc) is 3.48. The van der Waals surface area contributed by atoms with Gasteiger partial charge in [-0.25, -0.2) is 18.6 Å². The molecule has 5 rings (SSSR count). The molecular formula is C32H43F2N7O5S. The van der Waals surface area contributed by atoms with Gasteiger partial charge in [-0.15, -0.1) is 0 Å². The van der Waals surface area contributed by atoms with Crippen LogP contribution in [0.2, 0.25) is 0 Å². The quantitative estimate of drug-likeness (QED) is 0.224. The molecule has 2 aliphatic rings. The number of nitrogens with zero attached hydrogens (tertiary/aromatic N) is 5. The number of unbranched alkanes of at least 4 members (excludes halogenated alkanes) is 1. The number of carbonyl (C=O) groups excluding carboxylic acids is 2. The highest BCUT2D eigenvalue weighted by Crippen LogP contribution is 2.31. The number of rotatable bonds is 14. The molecule has 256 valence electrons. The number of aromatic nitrogens is 4. The summed E-state index contributed by atoms with van der Waals surface area (Å²) in [5.41, 5.74) is 0.951. The minimum absolute atomic E-state index is 0.0761. The lowest BCUT2D eigenvalue weighted by Crippen LogP contribution is -2.51. The Morgan fingerprint density at radius 2 is 1.87 bits per heavy atom. The highest BCUT2D eigenvalue weighted by molar-refractivity contribution is 7.98. The number of para-hydroxylation sites is 2. The Balaban J connectivity index is 1.27. The van der Waals surface area contributed by atoms with Gasteiger partial charge in [0.1, 0.15) is 18.0 Å². The zero-order chi connectivity index (χ0) is 33.2. The zero-order valence-corrected chi connectivity index (χ0v) is 27.6. The number of hydrogen-bond acceptors (Lipinski definition) is 10. The number of nitrogens with one attached hydrogen (secondary N) is 2. The summed E-state index contributed by atoms with van der Waals surface area (Å²) in [4.78, 5) is 40.9. The van der Waals surface area contributed by atoms with Crippen LogP contribution in [0.25, 0.3) is 16.9 Å². The number of fused-ring (bicyclic) bond motifs is 1. The van der Waals surface area contributed by atoms with Crippen LogP contribution in [0.5, 0.6) is 5.88 Å². The van der Waals surface area contributed by atoms with E-state index in [1.54, 1.807) is 42.1 Å². The summed E-state index contributed by atoms with van der Waals surface area (Å²) in [6, 6.07) is 7.78. The van der Waals surface area contributed by atoms with Crippen LogP contribution in [-0.2, 0) is 14.3 Å². The number of amides is 2. The highest BCUT2D eigenvalue weighted by Gasteiger charge is 2.29. The van der Waals surface area contributed by atoms with Gasteiger partial charge in [0, 0.05) is 25.2 Å². The first-order valence-corrected chi connectivity index (χ1v) is 17.6. The Labute approximate surface area is 277 Å². The number of imidazole rings is 1. The lowest BCUT2D eigenvalue weighted by molar-refractivity contribution is -0.124. The van der Waals surface area contributed by atoms with E-state index in [2.05, 4.69) is 20.6 Å². The third-order valence-electron chi connectivity index (χ3n) is 8.24. The summed E-state index contributed by atoms with van der Waals surface area (Å²) in [5, 5.41) is 5.82. The van der Waals surface area contributed by atoms with E-state index >= 15 is 0 Å². The van der Waals surface area contributed by atoms with Crippen LogP contribution in [0.15, 0.2) is 30.3 Å². The fraction of sp³-hybridized carbons (Fsp3) is 0.594. The van der Waals surface area contributed by atoms with Gasteiger partial charge in [-0.3, -0.25) is 9.36 Å². The van der Waals surface area contributed by atoms with Crippen molar-refractivity contribution in [3.63, 3.8) is 0 Å². The second-order valence-electron chi connectivity index (χ2n) is 11.6. The molecule has 3 heterocycles. The molecule has 12 nitrogen and oxygen atoms in total. The first-order valence-electron chi connectivity index (χ1n) is 16.2. The standard InChI is InChI=1S/C32H43F2N7O5S/c1-3-4-16-45-32(43)37-24(13-19-47-2)30(42)35-21-9-11-22(12-10-21)46-27-20-26(38-31(39-27)40-14-17-44-18-15-40)41-25-8-6-5-7-23(25)36-29(41)28(33)34/h5-8,20-22,24,28H,3-4,9-19H2,1-2H3,(H,35,42)(H,37,43)/t21?,22?,24-/m0/s1. The molecule has 47 heavy (non-hydrogen) atoms. The van der Waals surface area contributed by atoms with Crippen molar-refractivity contribution in [1.29, 1.82) is 0 Å². The fourth-order valence-corrected chi connectivity index (χ4v) is 6.18. The van der Waals surface area contributed by atoms with Crippen LogP contribution in [0.3, 0.4) is 0 Å². The molecule has 0 unspecified atom stereocenters. The van der Waals surface area contributed by atoms with Gasteiger partial charge in [0.15, 0.2) is 5.82 Å². The van der Waals surface area contributed by atoms with Crippen molar-refractivity contribution in [3.05, 3.63) is 36.2 Å². The van der Waals surface area contributed by atoms with Gasteiger partial charge in [0.05, 0.1) is 30.9 Å². The van der Waals surface area contributed by atoms with Crippen LogP contribution < -0.4 is 20.3 Å². The maximum Gasteiger partial charge on any atom is 0.407 e. The minimum atomic E-state index is -2.82. The fourth-order valence-electron chi connectivity index (χ4n) is 5.71. The number of halogens is 2. The lowest BCUT2D eigenvalue weighted by atomic mass is 9.92. The molecule has 0 bridgehead atoms. The van der Waals surface area contributed by atoms with Gasteiger partial charge in [-0.2, -0.15) is 21.7 Å². The Bertz CT molecular complexity index is 1480. The molecule has 2 fully saturated rings. The SMILES string of the molecule is CCCCOC(=O)N[C@@H](CCSC)C(=O)NC1CCC(Oc2cc(-n3c(C(F)F)nc4ccccc43)nc(N3CCOCC3)n2)CC1. The molecule has 1 aliphatic carbocycles. The van der Waals surface area contributed by atoms with Gasteiger partial charge in [-0.05, 0) is 62.7 Å². The van der Waals surface area contributed by atoms with Gasteiger partial charge in [-0.1, -0.05) is 25.5 Å². The number of benzene rings is 1. The second-order valence-corrected chi connectivity index (χ2v) is 12.6. The van der Waals surface area contributed by atoms with E-state index in [1.165, 1.54) is 4.57 Å². The maximum absolute atomic E-state index is 14.2. The molecule has 0 radical (unpaired) electrons. The Kier molecular flexibility index (Phi) is 12.4. The van der Waals surface area contributed by atoms with E-state index in [9.17, 15) is 18.4 Å². The number of hydrogen-bond donors (Lipinski definition) is 2. The van der Waals surface area contributed by atoms with E-state index in [4.69, 9.17) is 19.2 Å². The van der Waals surface area contributed by atoms with E-state index in [0.29, 0.717) is 82.0 Å². The van der Waals surface area contributed by atoms with Crippen LogP contribution in [-0.4, -0.2) is 94.6 Å². The summed E-state index contributed by atoms with van der Waals surface area (Å²) in [7, 11) is 0. The largest absolute Gasteiger partial charge is 0.474 e. The molecule has 2 amide bonds. The molecule has 1 saturated heterocycles. The number of carbonyl (C=O) groups is 2. The molecule has 3 aromatic rings. The third kappa shape index (κ3) is 9.21. The molecule has 2 N–H and O–H groups in total. The van der Waals surface area contributed by atoms with Crippen LogP contribution in [0.4, 0.5) is 19.5 Å². The molecule has 1 aromatic carbocycles. The summed E-state index contributed by atoms with van der Waals surface area (Å²) < 4.78 is 46.8. The monoisotopic (exact) mass is 675 g/mol.